The van der Waals surface area contributed by atoms with E-state index in [1.165, 1.54) is 0 Å². The summed E-state index contributed by atoms with van der Waals surface area (Å²) in [4.78, 5) is 10.8. The molecule has 0 unspecified atom stereocenters. The molecular weight excluding hydrogens is 312 g/mol. The van der Waals surface area contributed by atoms with Gasteiger partial charge >= 0.3 is 0 Å². The third kappa shape index (κ3) is 3.28. The Labute approximate surface area is 140 Å². The minimum absolute atomic E-state index is 0.674. The van der Waals surface area contributed by atoms with Crippen LogP contribution in [-0.4, -0.2) is 51.8 Å². The first-order valence-corrected chi connectivity index (χ1v) is 7.78. The van der Waals surface area contributed by atoms with Crippen molar-refractivity contribution in [2.45, 2.75) is 6.92 Å². The Balaban J connectivity index is 1.99. The molecule has 0 atom stereocenters. The molecule has 2 heterocycles. The summed E-state index contributed by atoms with van der Waals surface area (Å²) in [7, 11) is 4.08. The maximum absolute atomic E-state index is 6.12. The van der Waals surface area contributed by atoms with Gasteiger partial charge in [0, 0.05) is 18.1 Å². The van der Waals surface area contributed by atoms with Crippen LogP contribution in [-0.2, 0) is 0 Å². The van der Waals surface area contributed by atoms with E-state index in [2.05, 4.69) is 25.3 Å². The van der Waals surface area contributed by atoms with Gasteiger partial charge in [-0.1, -0.05) is 17.7 Å². The summed E-state index contributed by atoms with van der Waals surface area (Å²) in [6.45, 7) is 3.75. The molecule has 0 radical (unpaired) electrons. The molecule has 0 fully saturated rings. The molecule has 0 aliphatic rings. The van der Waals surface area contributed by atoms with E-state index in [0.29, 0.717) is 5.02 Å². The quantitative estimate of drug-likeness (QED) is 0.779. The number of anilines is 1. The van der Waals surface area contributed by atoms with Crippen LogP contribution in [0.3, 0.4) is 0 Å². The van der Waals surface area contributed by atoms with Crippen molar-refractivity contribution in [2.75, 3.05) is 32.5 Å². The number of aryl methyl sites for hydroxylation is 1. The highest BCUT2D eigenvalue weighted by Crippen LogP contribution is 2.25. The highest BCUT2D eigenvalue weighted by Gasteiger charge is 2.12. The maximum Gasteiger partial charge on any atom is 0.168 e. The van der Waals surface area contributed by atoms with Crippen molar-refractivity contribution in [1.29, 1.82) is 0 Å². The number of rotatable bonds is 5. The molecule has 7 heteroatoms. The smallest absolute Gasteiger partial charge is 0.168 e. The summed E-state index contributed by atoms with van der Waals surface area (Å²) >= 11 is 6.12. The molecule has 0 aliphatic carbocycles. The Morgan fingerprint density at radius 3 is 2.87 bits per heavy atom. The Hall–Kier alpha value is -2.18. The van der Waals surface area contributed by atoms with Gasteiger partial charge in [0.2, 0.25) is 0 Å². The van der Waals surface area contributed by atoms with Crippen molar-refractivity contribution in [2.24, 2.45) is 0 Å². The lowest BCUT2D eigenvalue weighted by atomic mass is 10.2. The van der Waals surface area contributed by atoms with Crippen LogP contribution in [0.4, 0.5) is 5.82 Å². The van der Waals surface area contributed by atoms with Crippen LogP contribution < -0.4 is 5.32 Å². The van der Waals surface area contributed by atoms with E-state index in [0.717, 1.165) is 41.2 Å². The molecular formula is C16H19ClN6. The number of hydrogen-bond acceptors (Lipinski definition) is 5. The number of halogens is 1. The molecule has 23 heavy (non-hydrogen) atoms. The highest BCUT2D eigenvalue weighted by atomic mass is 35.5. The lowest BCUT2D eigenvalue weighted by Crippen LogP contribution is -2.21. The predicted octanol–water partition coefficient (Wildman–Crippen LogP) is 2.75. The zero-order valence-corrected chi connectivity index (χ0v) is 14.2. The van der Waals surface area contributed by atoms with Crippen molar-refractivity contribution < 1.29 is 0 Å². The second-order valence-corrected chi connectivity index (χ2v) is 6.11. The molecule has 120 valence electrons. The molecule has 1 N–H and O–H groups in total. The van der Waals surface area contributed by atoms with Gasteiger partial charge in [-0.25, -0.2) is 14.6 Å². The summed E-state index contributed by atoms with van der Waals surface area (Å²) in [5.41, 5.74) is 2.77. The second-order valence-electron chi connectivity index (χ2n) is 5.68. The van der Waals surface area contributed by atoms with Crippen LogP contribution in [0, 0.1) is 6.92 Å². The fourth-order valence-corrected chi connectivity index (χ4v) is 2.54. The van der Waals surface area contributed by atoms with E-state index < -0.39 is 0 Å². The average Bonchev–Trinajstić information content (AvgIpc) is 2.94. The van der Waals surface area contributed by atoms with Crippen molar-refractivity contribution in [3.8, 4) is 5.69 Å². The van der Waals surface area contributed by atoms with Crippen LogP contribution in [0.2, 0.25) is 5.02 Å². The van der Waals surface area contributed by atoms with Crippen molar-refractivity contribution in [3.05, 3.63) is 41.3 Å². The molecule has 2 aromatic heterocycles. The van der Waals surface area contributed by atoms with E-state index in [9.17, 15) is 0 Å². The Bertz CT molecular complexity index is 827. The van der Waals surface area contributed by atoms with Gasteiger partial charge in [0.15, 0.2) is 5.65 Å². The van der Waals surface area contributed by atoms with Gasteiger partial charge in [0.05, 0.1) is 17.3 Å². The molecule has 3 rings (SSSR count). The molecule has 0 bridgehead atoms. The van der Waals surface area contributed by atoms with E-state index in [4.69, 9.17) is 11.6 Å². The van der Waals surface area contributed by atoms with E-state index in [1.54, 1.807) is 17.2 Å². The molecule has 0 spiro atoms. The van der Waals surface area contributed by atoms with Gasteiger partial charge in [-0.3, -0.25) is 0 Å². The first-order chi connectivity index (χ1) is 11.1. The minimum Gasteiger partial charge on any atom is -0.368 e. The fraction of sp³-hybridized carbons (Fsp3) is 0.312. The normalized spacial score (nSPS) is 11.3. The number of benzene rings is 1. The molecule has 3 aromatic rings. The number of nitrogens with zero attached hydrogens (tertiary/aromatic N) is 5. The van der Waals surface area contributed by atoms with Crippen molar-refractivity contribution in [3.63, 3.8) is 0 Å². The summed E-state index contributed by atoms with van der Waals surface area (Å²) in [6, 6.07) is 5.74. The molecule has 1 aromatic carbocycles. The number of aromatic nitrogens is 4. The van der Waals surface area contributed by atoms with Gasteiger partial charge in [-0.15, -0.1) is 0 Å². The lowest BCUT2D eigenvalue weighted by molar-refractivity contribution is 0.425. The predicted molar refractivity (Wildman–Crippen MR) is 93.5 cm³/mol. The molecule has 0 saturated carbocycles. The lowest BCUT2D eigenvalue weighted by Gasteiger charge is -2.11. The topological polar surface area (TPSA) is 58.9 Å². The van der Waals surface area contributed by atoms with Gasteiger partial charge in [0.25, 0.3) is 0 Å². The zero-order valence-electron chi connectivity index (χ0n) is 13.4. The Morgan fingerprint density at radius 2 is 2.09 bits per heavy atom. The largest absolute Gasteiger partial charge is 0.368 e. The first-order valence-electron chi connectivity index (χ1n) is 7.40. The van der Waals surface area contributed by atoms with Gasteiger partial charge < -0.3 is 10.2 Å². The minimum atomic E-state index is 0.674. The SMILES string of the molecule is Cc1ccc(Cl)cc1-n1ncc2c(NCCN(C)C)ncnc21. The maximum atomic E-state index is 6.12. The van der Waals surface area contributed by atoms with Crippen molar-refractivity contribution in [1.82, 2.24) is 24.6 Å². The van der Waals surface area contributed by atoms with Crippen LogP contribution >= 0.6 is 11.6 Å². The summed E-state index contributed by atoms with van der Waals surface area (Å²) in [6.07, 6.45) is 3.34. The summed E-state index contributed by atoms with van der Waals surface area (Å²) in [5.74, 6) is 0.794. The van der Waals surface area contributed by atoms with Crippen LogP contribution in [0.25, 0.3) is 16.7 Å². The summed E-state index contributed by atoms with van der Waals surface area (Å²) in [5, 5.41) is 9.38. The standard InChI is InChI=1S/C16H19ClN6/c1-11-4-5-12(17)8-14(11)23-16-13(9-21-23)15(19-10-20-16)18-6-7-22(2)3/h4-5,8-10H,6-7H2,1-3H3,(H,18,19,20). The van der Waals surface area contributed by atoms with Gasteiger partial charge in [-0.05, 0) is 38.7 Å². The zero-order chi connectivity index (χ0) is 16.4. The Morgan fingerprint density at radius 1 is 1.26 bits per heavy atom. The first kappa shape index (κ1) is 15.7. The number of fused-ring (bicyclic) bond motifs is 1. The summed E-state index contributed by atoms with van der Waals surface area (Å²) < 4.78 is 1.80. The number of nitrogens with one attached hydrogen (secondary N) is 1. The average molecular weight is 331 g/mol. The Kier molecular flexibility index (Phi) is 4.45. The monoisotopic (exact) mass is 330 g/mol. The van der Waals surface area contributed by atoms with Crippen LogP contribution in [0.15, 0.2) is 30.7 Å². The molecule has 0 saturated heterocycles. The molecule has 6 nitrogen and oxygen atoms in total. The van der Waals surface area contributed by atoms with Gasteiger partial charge in [-0.2, -0.15) is 5.10 Å². The van der Waals surface area contributed by atoms with E-state index >= 15 is 0 Å². The van der Waals surface area contributed by atoms with Crippen LogP contribution in [0.1, 0.15) is 5.56 Å². The fourth-order valence-electron chi connectivity index (χ4n) is 2.37. The van der Waals surface area contributed by atoms with Gasteiger partial charge in [0.1, 0.15) is 12.1 Å². The van der Waals surface area contributed by atoms with E-state index in [1.807, 2.05) is 39.2 Å². The third-order valence-electron chi connectivity index (χ3n) is 3.62. The van der Waals surface area contributed by atoms with Crippen LogP contribution in [0.5, 0.6) is 0 Å². The van der Waals surface area contributed by atoms with Crippen molar-refractivity contribution >= 4 is 28.5 Å². The molecule has 0 amide bonds. The molecule has 0 aliphatic heterocycles. The number of likely N-dealkylation sites (N-methyl/N-ethyl adjacent to an activating group) is 1. The van der Waals surface area contributed by atoms with E-state index in [-0.39, 0.29) is 0 Å². The third-order valence-corrected chi connectivity index (χ3v) is 3.85. The number of hydrogen-bond donors (Lipinski definition) is 1. The highest BCUT2D eigenvalue weighted by molar-refractivity contribution is 6.30. The second kappa shape index (κ2) is 6.52.